The second-order valence-electron chi connectivity index (χ2n) is 2.68. The molecule has 3 nitrogen and oxygen atoms in total. The third kappa shape index (κ3) is 4.77. The number of methoxy groups -OCH3 is 1. The van der Waals surface area contributed by atoms with Crippen LogP contribution in [-0.4, -0.2) is 38.3 Å². The van der Waals surface area contributed by atoms with E-state index in [1.165, 1.54) is 0 Å². The molecule has 0 aromatic heterocycles. The maximum absolute atomic E-state index is 8.40. The quantitative estimate of drug-likeness (QED) is 0.592. The molecule has 0 aromatic rings. The molecule has 0 N–H and O–H groups in total. The number of hydrogen-bond donors (Lipinski definition) is 0. The van der Waals surface area contributed by atoms with Gasteiger partial charge in [-0.05, 0) is 14.0 Å². The predicted octanol–water partition coefficient (Wildman–Crippen LogP) is 0.867. The molecule has 64 valence electrons. The third-order valence-electron chi connectivity index (χ3n) is 1.79. The highest BCUT2D eigenvalue weighted by molar-refractivity contribution is 4.78. The molecule has 0 saturated heterocycles. The van der Waals surface area contributed by atoms with E-state index >= 15 is 0 Å². The van der Waals surface area contributed by atoms with Crippen LogP contribution in [0.15, 0.2) is 0 Å². The highest BCUT2D eigenvalue weighted by Gasteiger charge is 2.06. The van der Waals surface area contributed by atoms with Gasteiger partial charge in [0, 0.05) is 19.7 Å². The van der Waals surface area contributed by atoms with Gasteiger partial charge in [-0.3, -0.25) is 0 Å². The Morgan fingerprint density at radius 2 is 2.27 bits per heavy atom. The van der Waals surface area contributed by atoms with E-state index in [1.54, 1.807) is 7.11 Å². The van der Waals surface area contributed by atoms with E-state index in [9.17, 15) is 0 Å². The number of ether oxygens (including phenoxy) is 1. The van der Waals surface area contributed by atoms with Crippen LogP contribution < -0.4 is 0 Å². The standard InChI is InChI=1S/C8H16N2O/c1-8(4-5-9)10(2)6-7-11-3/h8H,4,6-7H2,1-3H3. The summed E-state index contributed by atoms with van der Waals surface area (Å²) >= 11 is 0. The largest absolute Gasteiger partial charge is 0.383 e. The summed E-state index contributed by atoms with van der Waals surface area (Å²) in [5.41, 5.74) is 0. The molecule has 0 amide bonds. The normalized spacial score (nSPS) is 13.0. The zero-order valence-electron chi connectivity index (χ0n) is 7.50. The van der Waals surface area contributed by atoms with Gasteiger partial charge in [0.25, 0.3) is 0 Å². The van der Waals surface area contributed by atoms with Crippen LogP contribution in [0.25, 0.3) is 0 Å². The van der Waals surface area contributed by atoms with E-state index < -0.39 is 0 Å². The number of rotatable bonds is 5. The summed E-state index contributed by atoms with van der Waals surface area (Å²) in [6.45, 7) is 3.66. The molecule has 1 unspecified atom stereocenters. The maximum atomic E-state index is 8.40. The first kappa shape index (κ1) is 10.4. The van der Waals surface area contributed by atoms with Crippen LogP contribution in [0, 0.1) is 11.3 Å². The fourth-order valence-electron chi connectivity index (χ4n) is 0.744. The van der Waals surface area contributed by atoms with Crippen LogP contribution in [0.2, 0.25) is 0 Å². The number of hydrogen-bond acceptors (Lipinski definition) is 3. The fraction of sp³-hybridized carbons (Fsp3) is 0.875. The Kier molecular flexibility index (Phi) is 5.81. The fourth-order valence-corrected chi connectivity index (χ4v) is 0.744. The van der Waals surface area contributed by atoms with Crippen LogP contribution in [0.1, 0.15) is 13.3 Å². The summed E-state index contributed by atoms with van der Waals surface area (Å²) in [5, 5.41) is 8.40. The second-order valence-corrected chi connectivity index (χ2v) is 2.68. The lowest BCUT2D eigenvalue weighted by atomic mass is 10.2. The highest BCUT2D eigenvalue weighted by Crippen LogP contribution is 1.98. The van der Waals surface area contributed by atoms with E-state index in [1.807, 2.05) is 14.0 Å². The molecule has 0 aliphatic rings. The molecule has 0 saturated carbocycles. The van der Waals surface area contributed by atoms with Gasteiger partial charge in [-0.2, -0.15) is 5.26 Å². The van der Waals surface area contributed by atoms with E-state index in [0.29, 0.717) is 12.5 Å². The van der Waals surface area contributed by atoms with Crippen molar-refractivity contribution in [3.63, 3.8) is 0 Å². The Morgan fingerprint density at radius 1 is 1.64 bits per heavy atom. The topological polar surface area (TPSA) is 36.3 Å². The number of likely N-dealkylation sites (N-methyl/N-ethyl adjacent to an activating group) is 1. The highest BCUT2D eigenvalue weighted by atomic mass is 16.5. The maximum Gasteiger partial charge on any atom is 0.0638 e. The minimum atomic E-state index is 0.329. The van der Waals surface area contributed by atoms with Crippen molar-refractivity contribution in [3.05, 3.63) is 0 Å². The van der Waals surface area contributed by atoms with Gasteiger partial charge in [0.2, 0.25) is 0 Å². The number of nitrogens with zero attached hydrogens (tertiary/aromatic N) is 2. The summed E-state index contributed by atoms with van der Waals surface area (Å²) < 4.78 is 4.92. The third-order valence-corrected chi connectivity index (χ3v) is 1.79. The molecule has 11 heavy (non-hydrogen) atoms. The molecule has 0 aliphatic carbocycles. The lowest BCUT2D eigenvalue weighted by molar-refractivity contribution is 0.144. The van der Waals surface area contributed by atoms with Crippen LogP contribution in [0.3, 0.4) is 0 Å². The minimum Gasteiger partial charge on any atom is -0.383 e. The van der Waals surface area contributed by atoms with E-state index in [-0.39, 0.29) is 0 Å². The van der Waals surface area contributed by atoms with Crippen LogP contribution in [0.5, 0.6) is 0 Å². The van der Waals surface area contributed by atoms with Crippen molar-refractivity contribution in [1.29, 1.82) is 5.26 Å². The monoisotopic (exact) mass is 156 g/mol. The van der Waals surface area contributed by atoms with Crippen molar-refractivity contribution in [1.82, 2.24) is 4.90 Å². The van der Waals surface area contributed by atoms with Gasteiger partial charge in [0.05, 0.1) is 19.1 Å². The Labute approximate surface area is 68.6 Å². The van der Waals surface area contributed by atoms with Gasteiger partial charge in [-0.25, -0.2) is 0 Å². The zero-order chi connectivity index (χ0) is 8.69. The predicted molar refractivity (Wildman–Crippen MR) is 44.2 cm³/mol. The smallest absolute Gasteiger partial charge is 0.0638 e. The Balaban J connectivity index is 3.48. The first-order valence-electron chi connectivity index (χ1n) is 3.78. The molecule has 0 rings (SSSR count). The van der Waals surface area contributed by atoms with Gasteiger partial charge in [-0.15, -0.1) is 0 Å². The Bertz CT molecular complexity index is 131. The van der Waals surface area contributed by atoms with Gasteiger partial charge in [0.1, 0.15) is 0 Å². The zero-order valence-corrected chi connectivity index (χ0v) is 7.50. The summed E-state index contributed by atoms with van der Waals surface area (Å²) in [7, 11) is 3.68. The lowest BCUT2D eigenvalue weighted by Gasteiger charge is -2.21. The summed E-state index contributed by atoms with van der Waals surface area (Å²) in [5.74, 6) is 0. The average Bonchev–Trinajstić information content (AvgIpc) is 2.00. The summed E-state index contributed by atoms with van der Waals surface area (Å²) in [6, 6.07) is 2.47. The molecular weight excluding hydrogens is 140 g/mol. The first-order valence-corrected chi connectivity index (χ1v) is 3.78. The molecule has 1 atom stereocenters. The van der Waals surface area contributed by atoms with Gasteiger partial charge >= 0.3 is 0 Å². The Morgan fingerprint density at radius 3 is 2.73 bits per heavy atom. The SMILES string of the molecule is COCCN(C)C(C)CC#N. The van der Waals surface area contributed by atoms with Gasteiger partial charge in [-0.1, -0.05) is 0 Å². The second kappa shape index (κ2) is 6.14. The average molecular weight is 156 g/mol. The molecule has 3 heteroatoms. The summed E-state index contributed by atoms with van der Waals surface area (Å²) in [6.07, 6.45) is 0.584. The minimum absolute atomic E-state index is 0.329. The van der Waals surface area contributed by atoms with Crippen LogP contribution >= 0.6 is 0 Å². The van der Waals surface area contributed by atoms with Crippen molar-refractivity contribution in [2.45, 2.75) is 19.4 Å². The molecule has 0 spiro atoms. The lowest BCUT2D eigenvalue weighted by Crippen LogP contribution is -2.31. The molecule has 0 bridgehead atoms. The van der Waals surface area contributed by atoms with Crippen molar-refractivity contribution in [2.24, 2.45) is 0 Å². The molecule has 0 fully saturated rings. The van der Waals surface area contributed by atoms with E-state index in [0.717, 1.165) is 13.2 Å². The number of nitriles is 1. The Hall–Kier alpha value is -0.590. The van der Waals surface area contributed by atoms with E-state index in [2.05, 4.69) is 11.0 Å². The molecule has 0 radical (unpaired) electrons. The van der Waals surface area contributed by atoms with Crippen molar-refractivity contribution in [2.75, 3.05) is 27.3 Å². The molecule has 0 heterocycles. The van der Waals surface area contributed by atoms with E-state index in [4.69, 9.17) is 10.00 Å². The summed E-state index contributed by atoms with van der Waals surface area (Å²) in [4.78, 5) is 2.12. The molecule has 0 aromatic carbocycles. The van der Waals surface area contributed by atoms with Crippen molar-refractivity contribution in [3.8, 4) is 6.07 Å². The van der Waals surface area contributed by atoms with Crippen LogP contribution in [-0.2, 0) is 4.74 Å². The molecular formula is C8H16N2O. The van der Waals surface area contributed by atoms with Crippen molar-refractivity contribution >= 4 is 0 Å². The first-order chi connectivity index (χ1) is 5.22. The van der Waals surface area contributed by atoms with Crippen LogP contribution in [0.4, 0.5) is 0 Å². The molecule has 0 aliphatic heterocycles. The van der Waals surface area contributed by atoms with Gasteiger partial charge in [0.15, 0.2) is 0 Å². The van der Waals surface area contributed by atoms with Crippen molar-refractivity contribution < 1.29 is 4.74 Å². The van der Waals surface area contributed by atoms with Gasteiger partial charge < -0.3 is 9.64 Å².